The normalized spacial score (nSPS) is 25.9. The van der Waals surface area contributed by atoms with E-state index in [1.165, 1.54) is 6.92 Å². The smallest absolute Gasteiger partial charge is 0.254 e. The number of amides is 1. The number of methoxy groups -OCH3 is 1. The average molecular weight is 507 g/mol. The van der Waals surface area contributed by atoms with Crippen LogP contribution >= 0.6 is 0 Å². The van der Waals surface area contributed by atoms with E-state index in [4.69, 9.17) is 9.47 Å². The van der Waals surface area contributed by atoms with E-state index in [0.29, 0.717) is 23.2 Å². The van der Waals surface area contributed by atoms with Gasteiger partial charge in [-0.25, -0.2) is 0 Å². The monoisotopic (exact) mass is 506 g/mol. The third kappa shape index (κ3) is 4.45. The number of nitrogens with zero attached hydrogens (tertiary/aromatic N) is 1. The molecule has 3 aromatic carbocycles. The summed E-state index contributed by atoms with van der Waals surface area (Å²) in [5, 5.41) is 46.5. The molecule has 4 aromatic rings. The van der Waals surface area contributed by atoms with Gasteiger partial charge in [-0.05, 0) is 47.5 Å². The highest BCUT2D eigenvalue weighted by Gasteiger charge is 2.53. The first-order valence-corrected chi connectivity index (χ1v) is 12.0. The van der Waals surface area contributed by atoms with Gasteiger partial charge in [-0.3, -0.25) is 4.79 Å². The predicted molar refractivity (Wildman–Crippen MR) is 137 cm³/mol. The van der Waals surface area contributed by atoms with E-state index in [-0.39, 0.29) is 0 Å². The number of carbonyl (C=O) groups is 1. The second kappa shape index (κ2) is 9.77. The van der Waals surface area contributed by atoms with Crippen LogP contribution in [-0.4, -0.2) is 74.8 Å². The molecule has 5 atom stereocenters. The van der Waals surface area contributed by atoms with E-state index >= 15 is 0 Å². The molecule has 0 aliphatic carbocycles. The van der Waals surface area contributed by atoms with Crippen LogP contribution in [0.5, 0.6) is 5.75 Å². The molecular formula is C28H30N2O7. The highest BCUT2D eigenvalue weighted by Crippen LogP contribution is 2.31. The van der Waals surface area contributed by atoms with Crippen LogP contribution in [-0.2, 0) is 11.3 Å². The molecule has 1 aromatic heterocycles. The summed E-state index contributed by atoms with van der Waals surface area (Å²) in [6.45, 7) is 1.29. The number of hydrogen-bond donors (Lipinski definition) is 5. The van der Waals surface area contributed by atoms with Gasteiger partial charge in [0.15, 0.2) is 6.29 Å². The highest BCUT2D eigenvalue weighted by atomic mass is 16.6. The summed E-state index contributed by atoms with van der Waals surface area (Å²) in [5.74, 6) is -0.00661. The molecule has 1 saturated heterocycles. The molecule has 5 N–H and O–H groups in total. The van der Waals surface area contributed by atoms with Crippen LogP contribution in [0.2, 0.25) is 0 Å². The van der Waals surface area contributed by atoms with Crippen LogP contribution in [0.4, 0.5) is 0 Å². The van der Waals surface area contributed by atoms with Crippen LogP contribution in [0.15, 0.2) is 66.9 Å². The fourth-order valence-corrected chi connectivity index (χ4v) is 4.94. The number of carbonyl (C=O) groups excluding carboxylic acids is 1. The van der Waals surface area contributed by atoms with Crippen molar-refractivity contribution in [2.24, 2.45) is 0 Å². The lowest BCUT2D eigenvalue weighted by atomic mass is 9.84. The number of nitrogens with one attached hydrogen (secondary N) is 1. The van der Waals surface area contributed by atoms with Crippen LogP contribution in [0, 0.1) is 0 Å². The van der Waals surface area contributed by atoms with E-state index in [0.717, 1.165) is 21.9 Å². The lowest BCUT2D eigenvalue weighted by molar-refractivity contribution is -0.278. The van der Waals surface area contributed by atoms with Gasteiger partial charge in [0.2, 0.25) is 0 Å². The molecule has 5 rings (SSSR count). The second-order valence-corrected chi connectivity index (χ2v) is 9.62. The molecule has 0 spiro atoms. The van der Waals surface area contributed by atoms with Gasteiger partial charge >= 0.3 is 0 Å². The Kier molecular flexibility index (Phi) is 6.65. The Hall–Kier alpha value is -3.47. The van der Waals surface area contributed by atoms with Crippen LogP contribution < -0.4 is 10.1 Å². The summed E-state index contributed by atoms with van der Waals surface area (Å²) in [7, 11) is 1.54. The molecule has 1 fully saturated rings. The first-order valence-electron chi connectivity index (χ1n) is 12.0. The quantitative estimate of drug-likeness (QED) is 0.269. The first-order chi connectivity index (χ1) is 17.7. The zero-order valence-electron chi connectivity index (χ0n) is 20.5. The number of benzene rings is 3. The summed E-state index contributed by atoms with van der Waals surface area (Å²) in [6.07, 6.45) is -4.21. The van der Waals surface area contributed by atoms with Gasteiger partial charge in [-0.1, -0.05) is 36.4 Å². The molecule has 0 saturated carbocycles. The third-order valence-electron chi connectivity index (χ3n) is 7.20. The van der Waals surface area contributed by atoms with Gasteiger partial charge in [0.25, 0.3) is 5.91 Å². The lowest BCUT2D eigenvalue weighted by Crippen LogP contribution is -2.71. The van der Waals surface area contributed by atoms with Crippen molar-refractivity contribution >= 4 is 27.6 Å². The molecule has 194 valence electrons. The Morgan fingerprint density at radius 3 is 2.57 bits per heavy atom. The Morgan fingerprint density at radius 2 is 1.84 bits per heavy atom. The summed E-state index contributed by atoms with van der Waals surface area (Å²) in [5.41, 5.74) is 0.420. The van der Waals surface area contributed by atoms with Crippen molar-refractivity contribution in [3.8, 4) is 5.75 Å². The Labute approximate surface area is 213 Å². The molecule has 0 radical (unpaired) electrons. The van der Waals surface area contributed by atoms with Crippen molar-refractivity contribution < 1.29 is 34.7 Å². The van der Waals surface area contributed by atoms with Crippen LogP contribution in [0.1, 0.15) is 22.8 Å². The van der Waals surface area contributed by atoms with Gasteiger partial charge in [-0.15, -0.1) is 0 Å². The summed E-state index contributed by atoms with van der Waals surface area (Å²) in [6, 6.07) is 19.7. The van der Waals surface area contributed by atoms with E-state index in [1.54, 1.807) is 19.4 Å². The van der Waals surface area contributed by atoms with Gasteiger partial charge in [0.05, 0.1) is 19.3 Å². The molecule has 2 heterocycles. The third-order valence-corrected chi connectivity index (χ3v) is 7.20. The van der Waals surface area contributed by atoms with Crippen molar-refractivity contribution in [2.75, 3.05) is 13.7 Å². The minimum atomic E-state index is -1.73. The minimum Gasteiger partial charge on any atom is -0.497 e. The van der Waals surface area contributed by atoms with Crippen molar-refractivity contribution in [3.63, 3.8) is 0 Å². The fraction of sp³-hybridized carbons (Fsp3) is 0.321. The van der Waals surface area contributed by atoms with E-state index < -0.39 is 42.7 Å². The zero-order valence-corrected chi connectivity index (χ0v) is 20.5. The molecule has 0 bridgehead atoms. The fourth-order valence-electron chi connectivity index (χ4n) is 4.94. The van der Waals surface area contributed by atoms with Gasteiger partial charge in [0.1, 0.15) is 29.6 Å². The second-order valence-electron chi connectivity index (χ2n) is 9.62. The topological polar surface area (TPSA) is 133 Å². The van der Waals surface area contributed by atoms with E-state index in [1.807, 2.05) is 34.9 Å². The number of rotatable bonds is 6. The van der Waals surface area contributed by atoms with Gasteiger partial charge in [-0.2, -0.15) is 0 Å². The number of fused-ring (bicyclic) bond motifs is 2. The number of ether oxygens (including phenoxy) is 2. The maximum atomic E-state index is 13.5. The lowest BCUT2D eigenvalue weighted by Gasteiger charge is -2.47. The maximum absolute atomic E-state index is 13.5. The Balaban J connectivity index is 1.51. The van der Waals surface area contributed by atoms with E-state index in [2.05, 4.69) is 29.6 Å². The minimum absolute atomic E-state index is 0.300. The van der Waals surface area contributed by atoms with Crippen molar-refractivity contribution in [1.82, 2.24) is 9.88 Å². The number of hydrogen-bond acceptors (Lipinski definition) is 7. The summed E-state index contributed by atoms with van der Waals surface area (Å²) >= 11 is 0. The Bertz CT molecular complexity index is 1450. The Morgan fingerprint density at radius 1 is 1.08 bits per heavy atom. The maximum Gasteiger partial charge on any atom is 0.254 e. The van der Waals surface area contributed by atoms with Gasteiger partial charge < -0.3 is 39.8 Å². The molecule has 1 aliphatic heterocycles. The summed E-state index contributed by atoms with van der Waals surface area (Å²) in [4.78, 5) is 13.5. The average Bonchev–Trinajstić information content (AvgIpc) is 3.27. The molecule has 1 unspecified atom stereocenters. The largest absolute Gasteiger partial charge is 0.497 e. The predicted octanol–water partition coefficient (Wildman–Crippen LogP) is 1.77. The summed E-state index contributed by atoms with van der Waals surface area (Å²) < 4.78 is 12.6. The van der Waals surface area contributed by atoms with Crippen molar-refractivity contribution in [3.05, 3.63) is 78.0 Å². The highest BCUT2D eigenvalue weighted by molar-refractivity contribution is 6.07. The molecular weight excluding hydrogens is 476 g/mol. The number of aliphatic hydroxyl groups is 4. The van der Waals surface area contributed by atoms with Crippen LogP contribution in [0.25, 0.3) is 21.7 Å². The molecule has 37 heavy (non-hydrogen) atoms. The molecule has 9 nitrogen and oxygen atoms in total. The van der Waals surface area contributed by atoms with Crippen LogP contribution in [0.3, 0.4) is 0 Å². The first kappa shape index (κ1) is 25.2. The number of aromatic nitrogens is 1. The standard InChI is InChI=1S/C28H30N2O7/c1-28(25(33)24(32)23(15-31)37-27(28)35)29-26(34)21-14-30(22-10-9-19(36-2)12-20(21)22)13-16-7-8-17-5-3-4-6-18(17)11-16/h3-12,14,23-25,27,31-33,35H,13,15H2,1-2H3,(H,29,34)/t23-,24-,25+,27?,28-/m1/s1. The zero-order chi connectivity index (χ0) is 26.3. The number of aliphatic hydroxyl groups excluding tert-OH is 4. The molecule has 1 amide bonds. The molecule has 9 heteroatoms. The van der Waals surface area contributed by atoms with Crippen molar-refractivity contribution in [1.29, 1.82) is 0 Å². The molecule has 1 aliphatic rings. The van der Waals surface area contributed by atoms with Gasteiger partial charge in [0, 0.05) is 23.6 Å². The van der Waals surface area contributed by atoms with E-state index in [9.17, 15) is 25.2 Å². The SMILES string of the molecule is COc1ccc2c(c1)c(C(=O)N[C@@]1(C)C(O)O[C@H](CO)[C@@H](O)[C@@H]1O)cn2Cc1ccc2ccccc2c1. The van der Waals surface area contributed by atoms with Crippen molar-refractivity contribution in [2.45, 2.75) is 43.6 Å².